The smallest absolute Gasteiger partial charge is 0.319 e. The number of phenols is 1. The van der Waals surface area contributed by atoms with Crippen LogP contribution in [0.1, 0.15) is 69.8 Å². The van der Waals surface area contributed by atoms with Crippen molar-refractivity contribution in [2.24, 2.45) is 10.8 Å². The van der Waals surface area contributed by atoms with Crippen molar-refractivity contribution in [3.63, 3.8) is 0 Å². The van der Waals surface area contributed by atoms with Gasteiger partial charge in [-0.2, -0.15) is 9.97 Å². The first kappa shape index (κ1) is 45.0. The van der Waals surface area contributed by atoms with Crippen LogP contribution < -0.4 is 30.5 Å². The molecule has 2 aromatic heterocycles. The average molecular weight is 955 g/mol. The molecule has 3 unspecified atom stereocenters. The molecule has 2 amide bonds. The van der Waals surface area contributed by atoms with Crippen molar-refractivity contribution in [2.75, 3.05) is 80.6 Å². The highest BCUT2D eigenvalue weighted by molar-refractivity contribution is 6.03. The Balaban J connectivity index is 0.681. The van der Waals surface area contributed by atoms with Gasteiger partial charge in [-0.1, -0.05) is 12.0 Å². The second-order valence-corrected chi connectivity index (χ2v) is 21.2. The molecule has 7 fully saturated rings. The lowest BCUT2D eigenvalue weighted by Crippen LogP contribution is -2.59. The molecule has 7 heterocycles. The summed E-state index contributed by atoms with van der Waals surface area (Å²) in [4.78, 5) is 47.4. The van der Waals surface area contributed by atoms with Crippen LogP contribution >= 0.6 is 0 Å². The second kappa shape index (κ2) is 17.6. The summed E-state index contributed by atoms with van der Waals surface area (Å²) in [5, 5.41) is 21.0. The molecule has 3 atom stereocenters. The third kappa shape index (κ3) is 8.41. The fourth-order valence-corrected chi connectivity index (χ4v) is 12.5. The predicted octanol–water partition coefficient (Wildman–Crippen LogP) is 6.33. The minimum absolute atomic E-state index is 0.0387. The molecule has 5 saturated heterocycles. The summed E-state index contributed by atoms with van der Waals surface area (Å²) in [6.07, 6.45) is 16.8. The maximum absolute atomic E-state index is 17.1. The number of pyridine rings is 1. The maximum atomic E-state index is 17.1. The number of likely N-dealkylation sites (tertiary alicyclic amines) is 1. The molecule has 5 aliphatic heterocycles. The van der Waals surface area contributed by atoms with Gasteiger partial charge in [-0.05, 0) is 118 Å². The van der Waals surface area contributed by atoms with Gasteiger partial charge >= 0.3 is 6.01 Å². The number of terminal acetylenes is 1. The first-order valence-corrected chi connectivity index (χ1v) is 24.9. The Bertz CT molecular complexity index is 2950. The van der Waals surface area contributed by atoms with Crippen molar-refractivity contribution in [3.8, 4) is 35.4 Å². The van der Waals surface area contributed by atoms with Crippen LogP contribution in [-0.4, -0.2) is 131 Å². The molecule has 12 rings (SSSR count). The Morgan fingerprint density at radius 1 is 0.886 bits per heavy atom. The Kier molecular flexibility index (Phi) is 11.3. The van der Waals surface area contributed by atoms with E-state index in [0.717, 1.165) is 84.3 Å². The van der Waals surface area contributed by atoms with Crippen molar-refractivity contribution >= 4 is 50.7 Å². The number of anilines is 3. The van der Waals surface area contributed by atoms with Crippen LogP contribution in [0.5, 0.6) is 11.8 Å². The Morgan fingerprint density at radius 3 is 2.37 bits per heavy atom. The number of amides is 2. The van der Waals surface area contributed by atoms with Gasteiger partial charge in [0.15, 0.2) is 5.82 Å². The van der Waals surface area contributed by atoms with Gasteiger partial charge in [0.05, 0.1) is 23.2 Å². The van der Waals surface area contributed by atoms with E-state index in [4.69, 9.17) is 21.1 Å². The number of aromatic nitrogens is 3. The summed E-state index contributed by atoms with van der Waals surface area (Å²) >= 11 is 0. The number of ether oxygens (including phenoxy) is 1. The minimum Gasteiger partial charge on any atom is -0.508 e. The molecule has 17 heteroatoms. The average Bonchev–Trinajstić information content (AvgIpc) is 4.03. The molecule has 14 nitrogen and oxygen atoms in total. The van der Waals surface area contributed by atoms with Crippen molar-refractivity contribution in [2.45, 2.75) is 88.4 Å². The summed E-state index contributed by atoms with van der Waals surface area (Å²) in [6.45, 7) is 8.09. The van der Waals surface area contributed by atoms with Gasteiger partial charge in [-0.25, -0.2) is 13.2 Å². The molecule has 2 saturated carbocycles. The number of piperidine rings is 2. The van der Waals surface area contributed by atoms with Crippen LogP contribution in [0.25, 0.3) is 32.9 Å². The third-order valence-electron chi connectivity index (χ3n) is 16.6. The van der Waals surface area contributed by atoms with Gasteiger partial charge < -0.3 is 35.2 Å². The number of halogens is 3. The number of nitrogens with zero attached hydrogens (tertiary/aromatic N) is 7. The van der Waals surface area contributed by atoms with Gasteiger partial charge in [-0.3, -0.25) is 24.8 Å². The molecular weight excluding hydrogens is 898 g/mol. The van der Waals surface area contributed by atoms with Crippen LogP contribution in [-0.2, 0) is 9.59 Å². The van der Waals surface area contributed by atoms with Crippen LogP contribution in [0.3, 0.4) is 0 Å². The molecular formula is C53H57F3N10O4. The first-order valence-electron chi connectivity index (χ1n) is 24.9. The van der Waals surface area contributed by atoms with E-state index in [9.17, 15) is 14.7 Å². The first-order chi connectivity index (χ1) is 33.9. The van der Waals surface area contributed by atoms with E-state index in [-0.39, 0.29) is 69.0 Å². The third-order valence-corrected chi connectivity index (χ3v) is 16.6. The van der Waals surface area contributed by atoms with Gasteiger partial charge in [0.2, 0.25) is 11.8 Å². The molecule has 4 N–H and O–H groups in total. The van der Waals surface area contributed by atoms with Crippen LogP contribution in [0, 0.1) is 40.6 Å². The fourth-order valence-electron chi connectivity index (χ4n) is 12.5. The highest BCUT2D eigenvalue weighted by atomic mass is 19.1. The van der Waals surface area contributed by atoms with E-state index < -0.39 is 17.7 Å². The molecule has 7 aliphatic rings. The van der Waals surface area contributed by atoms with Crippen molar-refractivity contribution in [1.29, 1.82) is 0 Å². The van der Waals surface area contributed by atoms with E-state index in [2.05, 4.69) is 46.5 Å². The number of phenolic OH excluding ortho intramolecular Hbond substituents is 1. The summed E-state index contributed by atoms with van der Waals surface area (Å²) < 4.78 is 54.1. The lowest BCUT2D eigenvalue weighted by atomic mass is 9.60. The summed E-state index contributed by atoms with van der Waals surface area (Å²) in [5.41, 5.74) is 1.48. The fraction of sp³-hybridized carbons (Fsp3) is 0.491. The van der Waals surface area contributed by atoms with Gasteiger partial charge in [-0.15, -0.1) is 6.42 Å². The lowest BCUT2D eigenvalue weighted by Gasteiger charge is -2.56. The molecule has 0 radical (unpaired) electrons. The number of benzene rings is 3. The Labute approximate surface area is 404 Å². The molecule has 5 aromatic rings. The monoisotopic (exact) mass is 954 g/mol. The Morgan fingerprint density at radius 2 is 1.66 bits per heavy atom. The zero-order valence-corrected chi connectivity index (χ0v) is 39.1. The largest absolute Gasteiger partial charge is 0.508 e. The van der Waals surface area contributed by atoms with Crippen LogP contribution in [0.2, 0.25) is 0 Å². The summed E-state index contributed by atoms with van der Waals surface area (Å²) in [7, 11) is 0. The van der Waals surface area contributed by atoms with Crippen LogP contribution in [0.15, 0.2) is 48.7 Å². The SMILES string of the molecule is C#Cc1c(F)ccc2cc(O)cc(-c3ncc4c(N5CC6CCC(C5)N6)nc(OCC5(CN6CCC7(CC6)CC(N6CCN(c8ccc(NC9CCC(=O)NC9=O)cc8F)CC6)C7)CC5)nc4c3F)c12. The van der Waals surface area contributed by atoms with E-state index in [1.54, 1.807) is 18.3 Å². The number of fused-ring (bicyclic) bond motifs is 4. The van der Waals surface area contributed by atoms with Crippen molar-refractivity contribution in [1.82, 2.24) is 35.4 Å². The number of carbonyl (C=O) groups is 2. The number of carbonyl (C=O) groups excluding carboxylic acids is 2. The summed E-state index contributed by atoms with van der Waals surface area (Å²) in [6, 6.07) is 11.3. The molecule has 2 aliphatic carbocycles. The summed E-state index contributed by atoms with van der Waals surface area (Å²) in [5.74, 6) is 0.513. The molecule has 2 bridgehead atoms. The maximum Gasteiger partial charge on any atom is 0.319 e. The van der Waals surface area contributed by atoms with E-state index >= 15 is 13.2 Å². The molecule has 1 spiro atoms. The topological polar surface area (TPSA) is 151 Å². The quantitative estimate of drug-likeness (QED) is 0.0864. The zero-order valence-electron chi connectivity index (χ0n) is 39.1. The second-order valence-electron chi connectivity index (χ2n) is 21.2. The molecule has 70 heavy (non-hydrogen) atoms. The number of nitrogens with one attached hydrogen (secondary N) is 3. The normalized spacial score (nSPS) is 24.5. The van der Waals surface area contributed by atoms with Crippen LogP contribution in [0.4, 0.5) is 30.4 Å². The Hall–Kier alpha value is -6.22. The predicted molar refractivity (Wildman–Crippen MR) is 260 cm³/mol. The van der Waals surface area contributed by atoms with E-state index in [1.165, 1.54) is 43.2 Å². The molecule has 364 valence electrons. The standard InChI is InChI=1S/C53H57F3N10O4/c1-2-37-40(54)7-3-31-21-36(67)23-38(45(31)37)47-46(56)48-39(26-57-47)49(66-27-33-4-5-34(28-66)58-33)62-51(61-48)70-30-53(11-12-53)29-63-15-13-52(14-16-63)24-35(25-52)64-17-19-65(20-18-64)43-9-6-32(22-41(43)55)59-42-8-10-44(68)60-50(42)69/h1,3,6-7,9,21-23,26,33-35,42,58-59,67H,4-5,8,10-20,24-25,27-30H2,(H,60,68,69). The number of piperazine rings is 2. The highest BCUT2D eigenvalue weighted by Crippen LogP contribution is 2.53. The van der Waals surface area contributed by atoms with Gasteiger partial charge in [0.1, 0.15) is 40.5 Å². The number of hydrogen-bond acceptors (Lipinski definition) is 13. The number of imide groups is 1. The van der Waals surface area contributed by atoms with E-state index in [1.807, 2.05) is 0 Å². The number of rotatable bonds is 11. The van der Waals surface area contributed by atoms with Crippen molar-refractivity contribution in [3.05, 3.63) is 71.7 Å². The zero-order chi connectivity index (χ0) is 47.9. The van der Waals surface area contributed by atoms with Gasteiger partial charge in [0.25, 0.3) is 0 Å². The number of hydrogen-bond donors (Lipinski definition) is 4. The van der Waals surface area contributed by atoms with E-state index in [0.29, 0.717) is 77.6 Å². The van der Waals surface area contributed by atoms with Crippen molar-refractivity contribution < 1.29 is 32.6 Å². The van der Waals surface area contributed by atoms with Gasteiger partial charge in [0, 0.05) is 98.6 Å². The highest BCUT2D eigenvalue weighted by Gasteiger charge is 2.51. The lowest BCUT2D eigenvalue weighted by molar-refractivity contribution is -0.133. The molecule has 3 aromatic carbocycles. The number of aromatic hydroxyl groups is 1. The minimum atomic E-state index is -0.729.